The number of pyridine rings is 1. The molecule has 8 nitrogen and oxygen atoms in total. The number of carbonyl (C=O) groups excluding carboxylic acids is 3. The normalized spacial score (nSPS) is 10.9. The first-order valence-electron chi connectivity index (χ1n) is 12.4. The molecule has 0 bridgehead atoms. The average Bonchev–Trinajstić information content (AvgIpc) is 3.43. The van der Waals surface area contributed by atoms with Gasteiger partial charge in [0.05, 0.1) is 17.8 Å². The number of anilines is 2. The molecule has 3 N–H and O–H groups in total. The van der Waals surface area contributed by atoms with Crippen LogP contribution in [0.5, 0.6) is 0 Å². The van der Waals surface area contributed by atoms with E-state index in [0.717, 1.165) is 21.6 Å². The van der Waals surface area contributed by atoms with Crippen molar-refractivity contribution in [3.63, 3.8) is 0 Å². The van der Waals surface area contributed by atoms with Crippen LogP contribution in [0.3, 0.4) is 0 Å². The molecule has 0 aliphatic carbocycles. The number of carbonyl (C=O) groups is 3. The SMILES string of the molecule is CC(C)(C)OC(=O)Nc1ccc(-c2cccs2)cc1NC(=O)c1ccc(CNC(=O)Cc2cccnc2)cc1. The second kappa shape index (κ2) is 12.4. The van der Waals surface area contributed by atoms with Crippen molar-refractivity contribution in [2.75, 3.05) is 10.6 Å². The molecule has 0 saturated carbocycles. The molecular weight excluding hydrogens is 512 g/mol. The summed E-state index contributed by atoms with van der Waals surface area (Å²) in [5.74, 6) is -0.446. The second-order valence-electron chi connectivity index (χ2n) is 9.83. The fraction of sp³-hybridized carbons (Fsp3) is 0.200. The van der Waals surface area contributed by atoms with E-state index in [0.29, 0.717) is 23.5 Å². The van der Waals surface area contributed by atoms with E-state index in [4.69, 9.17) is 4.74 Å². The van der Waals surface area contributed by atoms with Crippen molar-refractivity contribution in [3.8, 4) is 10.4 Å². The Morgan fingerprint density at radius 2 is 1.69 bits per heavy atom. The molecule has 2 heterocycles. The van der Waals surface area contributed by atoms with E-state index in [1.807, 2.05) is 35.7 Å². The van der Waals surface area contributed by atoms with Gasteiger partial charge in [0, 0.05) is 29.4 Å². The topological polar surface area (TPSA) is 109 Å². The van der Waals surface area contributed by atoms with E-state index in [1.54, 1.807) is 80.9 Å². The van der Waals surface area contributed by atoms with Gasteiger partial charge in [-0.15, -0.1) is 11.3 Å². The number of hydrogen-bond acceptors (Lipinski definition) is 6. The van der Waals surface area contributed by atoms with Crippen molar-refractivity contribution in [1.82, 2.24) is 10.3 Å². The number of nitrogens with zero attached hydrogens (tertiary/aromatic N) is 1. The summed E-state index contributed by atoms with van der Waals surface area (Å²) in [6.07, 6.45) is 2.96. The van der Waals surface area contributed by atoms with Gasteiger partial charge in [-0.2, -0.15) is 0 Å². The Labute approximate surface area is 231 Å². The highest BCUT2D eigenvalue weighted by Crippen LogP contribution is 2.32. The molecule has 200 valence electrons. The maximum Gasteiger partial charge on any atom is 0.412 e. The van der Waals surface area contributed by atoms with Crippen molar-refractivity contribution < 1.29 is 19.1 Å². The van der Waals surface area contributed by atoms with Crippen LogP contribution in [-0.2, 0) is 22.5 Å². The van der Waals surface area contributed by atoms with Crippen molar-refractivity contribution in [2.24, 2.45) is 0 Å². The minimum atomic E-state index is -0.662. The summed E-state index contributed by atoms with van der Waals surface area (Å²) in [4.78, 5) is 42.8. The molecule has 0 fully saturated rings. The van der Waals surface area contributed by atoms with Gasteiger partial charge in [0.25, 0.3) is 5.91 Å². The van der Waals surface area contributed by atoms with Gasteiger partial charge in [0.15, 0.2) is 0 Å². The summed E-state index contributed by atoms with van der Waals surface area (Å²) in [7, 11) is 0. The molecule has 4 aromatic rings. The van der Waals surface area contributed by atoms with E-state index in [2.05, 4.69) is 20.9 Å². The summed E-state index contributed by atoms with van der Waals surface area (Å²) in [6.45, 7) is 5.69. The number of hydrogen-bond donors (Lipinski definition) is 3. The molecule has 0 radical (unpaired) electrons. The van der Waals surface area contributed by atoms with Gasteiger partial charge >= 0.3 is 6.09 Å². The van der Waals surface area contributed by atoms with Gasteiger partial charge in [-0.1, -0.05) is 30.3 Å². The second-order valence-corrected chi connectivity index (χ2v) is 10.8. The van der Waals surface area contributed by atoms with Gasteiger partial charge in [-0.3, -0.25) is 19.9 Å². The number of aromatic nitrogens is 1. The summed E-state index contributed by atoms with van der Waals surface area (Å²) in [5.41, 5.74) is 3.25. The maximum absolute atomic E-state index is 13.1. The van der Waals surface area contributed by atoms with E-state index >= 15 is 0 Å². The van der Waals surface area contributed by atoms with E-state index in [1.165, 1.54) is 0 Å². The highest BCUT2D eigenvalue weighted by Gasteiger charge is 2.19. The molecule has 4 rings (SSSR count). The minimum absolute atomic E-state index is 0.111. The van der Waals surface area contributed by atoms with Crippen LogP contribution in [0.15, 0.2) is 84.5 Å². The molecule has 3 amide bonds. The van der Waals surface area contributed by atoms with Crippen molar-refractivity contribution in [2.45, 2.75) is 39.3 Å². The molecule has 0 spiro atoms. The molecule has 2 aromatic heterocycles. The smallest absolute Gasteiger partial charge is 0.412 e. The van der Waals surface area contributed by atoms with E-state index in [9.17, 15) is 14.4 Å². The molecular formula is C30H30N4O4S. The number of thiophene rings is 1. The lowest BCUT2D eigenvalue weighted by Crippen LogP contribution is -2.27. The first kappa shape index (κ1) is 27.5. The van der Waals surface area contributed by atoms with Gasteiger partial charge in [0.2, 0.25) is 5.91 Å². The molecule has 0 saturated heterocycles. The lowest BCUT2D eigenvalue weighted by atomic mass is 10.1. The first-order chi connectivity index (χ1) is 18.7. The van der Waals surface area contributed by atoms with Crippen molar-refractivity contribution in [3.05, 3.63) is 101 Å². The van der Waals surface area contributed by atoms with Crippen molar-refractivity contribution >= 4 is 40.6 Å². The summed E-state index contributed by atoms with van der Waals surface area (Å²) in [5, 5.41) is 10.5. The average molecular weight is 543 g/mol. The molecule has 0 atom stereocenters. The first-order valence-corrected chi connectivity index (χ1v) is 13.3. The Hall–Kier alpha value is -4.50. The number of nitrogens with one attached hydrogen (secondary N) is 3. The van der Waals surface area contributed by atoms with Crippen LogP contribution in [-0.4, -0.2) is 28.5 Å². The van der Waals surface area contributed by atoms with Gasteiger partial charge in [0.1, 0.15) is 5.60 Å². The zero-order chi connectivity index (χ0) is 27.8. The Balaban J connectivity index is 1.43. The quantitative estimate of drug-likeness (QED) is 0.243. The maximum atomic E-state index is 13.1. The highest BCUT2D eigenvalue weighted by atomic mass is 32.1. The molecule has 39 heavy (non-hydrogen) atoms. The Morgan fingerprint density at radius 1 is 0.897 bits per heavy atom. The summed E-state index contributed by atoms with van der Waals surface area (Å²) >= 11 is 1.58. The monoisotopic (exact) mass is 542 g/mol. The number of ether oxygens (including phenoxy) is 1. The Bertz CT molecular complexity index is 1430. The summed E-state index contributed by atoms with van der Waals surface area (Å²) < 4.78 is 5.38. The van der Waals surface area contributed by atoms with Gasteiger partial charge in [-0.05, 0) is 79.2 Å². The van der Waals surface area contributed by atoms with Crippen LogP contribution in [0.2, 0.25) is 0 Å². The molecule has 0 unspecified atom stereocenters. The minimum Gasteiger partial charge on any atom is -0.444 e. The van der Waals surface area contributed by atoms with Crippen LogP contribution in [0.1, 0.15) is 42.3 Å². The van der Waals surface area contributed by atoms with E-state index in [-0.39, 0.29) is 18.2 Å². The third-order valence-corrected chi connectivity index (χ3v) is 6.42. The fourth-order valence-corrected chi connectivity index (χ4v) is 4.41. The molecule has 0 aliphatic rings. The van der Waals surface area contributed by atoms with Crippen LogP contribution in [0.25, 0.3) is 10.4 Å². The molecule has 9 heteroatoms. The zero-order valence-electron chi connectivity index (χ0n) is 22.0. The third-order valence-electron chi connectivity index (χ3n) is 5.50. The third kappa shape index (κ3) is 8.24. The van der Waals surface area contributed by atoms with Gasteiger partial charge < -0.3 is 15.4 Å². The Kier molecular flexibility index (Phi) is 8.73. The Morgan fingerprint density at radius 3 is 2.36 bits per heavy atom. The summed E-state index contributed by atoms with van der Waals surface area (Å²) in [6, 6.07) is 20.0. The van der Waals surface area contributed by atoms with Crippen LogP contribution >= 0.6 is 11.3 Å². The highest BCUT2D eigenvalue weighted by molar-refractivity contribution is 7.13. The number of benzene rings is 2. The zero-order valence-corrected chi connectivity index (χ0v) is 22.8. The van der Waals surface area contributed by atoms with Crippen LogP contribution in [0.4, 0.5) is 16.2 Å². The predicted molar refractivity (Wildman–Crippen MR) is 154 cm³/mol. The largest absolute Gasteiger partial charge is 0.444 e. The molecule has 0 aliphatic heterocycles. The standard InChI is InChI=1S/C30H30N4O4S/c1-30(2,3)38-29(37)34-24-13-12-23(26-7-5-15-39-26)17-25(24)33-28(36)22-10-8-20(9-11-22)19-32-27(35)16-21-6-4-14-31-18-21/h4-15,17-18H,16,19H2,1-3H3,(H,32,35)(H,33,36)(H,34,37). The van der Waals surface area contributed by atoms with Gasteiger partial charge in [-0.25, -0.2) is 4.79 Å². The van der Waals surface area contributed by atoms with Crippen molar-refractivity contribution in [1.29, 1.82) is 0 Å². The lowest BCUT2D eigenvalue weighted by Gasteiger charge is -2.21. The molecule has 2 aromatic carbocycles. The van der Waals surface area contributed by atoms with Crippen LogP contribution < -0.4 is 16.0 Å². The predicted octanol–water partition coefficient (Wildman–Crippen LogP) is 6.27. The van der Waals surface area contributed by atoms with Crippen LogP contribution in [0, 0.1) is 0 Å². The number of amides is 3. The fourth-order valence-electron chi connectivity index (χ4n) is 3.69. The van der Waals surface area contributed by atoms with E-state index < -0.39 is 11.7 Å². The number of rotatable bonds is 8. The lowest BCUT2D eigenvalue weighted by molar-refractivity contribution is -0.120.